The number of aromatic nitrogens is 3. The Balaban J connectivity index is 2.06. The van der Waals surface area contributed by atoms with Crippen molar-refractivity contribution in [3.05, 3.63) is 29.1 Å². The number of imidazole rings is 1. The maximum Gasteiger partial charge on any atom is 0.257 e. The summed E-state index contributed by atoms with van der Waals surface area (Å²) in [5, 5.41) is 0.0621. The number of nitrogens with one attached hydrogen (secondary N) is 2. The number of sulfonamides is 1. The van der Waals surface area contributed by atoms with Gasteiger partial charge in [-0.3, -0.25) is 4.98 Å². The van der Waals surface area contributed by atoms with Gasteiger partial charge in [0.1, 0.15) is 0 Å². The Hall–Kier alpha value is -1.25. The summed E-state index contributed by atoms with van der Waals surface area (Å²) >= 11 is 1.40. The third-order valence-corrected chi connectivity index (χ3v) is 3.79. The van der Waals surface area contributed by atoms with E-state index in [0.717, 1.165) is 4.88 Å². The lowest BCUT2D eigenvalue weighted by Crippen LogP contribution is -2.23. The molecule has 0 spiro atoms. The fourth-order valence-electron chi connectivity index (χ4n) is 0.963. The third kappa shape index (κ3) is 2.41. The SMILES string of the molecule is O=S(=O)(NCc1cncs1)c1cnc[nH]1. The molecule has 0 atom stereocenters. The minimum atomic E-state index is -3.48. The smallest absolute Gasteiger partial charge is 0.257 e. The highest BCUT2D eigenvalue weighted by atomic mass is 32.2. The molecule has 0 aliphatic carbocycles. The molecule has 0 saturated heterocycles. The molecule has 15 heavy (non-hydrogen) atoms. The number of nitrogens with zero attached hydrogens (tertiary/aromatic N) is 2. The van der Waals surface area contributed by atoms with Gasteiger partial charge in [-0.25, -0.2) is 18.1 Å². The Bertz CT molecular complexity index is 503. The van der Waals surface area contributed by atoms with Crippen molar-refractivity contribution in [2.75, 3.05) is 0 Å². The van der Waals surface area contributed by atoms with Crippen LogP contribution in [0.4, 0.5) is 0 Å². The quantitative estimate of drug-likeness (QED) is 0.812. The molecule has 80 valence electrons. The van der Waals surface area contributed by atoms with Crippen molar-refractivity contribution in [3.63, 3.8) is 0 Å². The van der Waals surface area contributed by atoms with Crippen molar-refractivity contribution in [3.8, 4) is 0 Å². The van der Waals surface area contributed by atoms with Gasteiger partial charge in [-0.15, -0.1) is 11.3 Å². The van der Waals surface area contributed by atoms with Crippen LogP contribution in [0.5, 0.6) is 0 Å². The molecule has 0 fully saturated rings. The number of thiazole rings is 1. The van der Waals surface area contributed by atoms with Crippen LogP contribution in [0, 0.1) is 0 Å². The molecular formula is C7H8N4O2S2. The van der Waals surface area contributed by atoms with E-state index in [9.17, 15) is 8.42 Å². The highest BCUT2D eigenvalue weighted by Gasteiger charge is 2.14. The van der Waals surface area contributed by atoms with Gasteiger partial charge in [-0.05, 0) is 0 Å². The second kappa shape index (κ2) is 4.09. The van der Waals surface area contributed by atoms with Gasteiger partial charge in [0.25, 0.3) is 10.0 Å². The molecule has 2 aromatic heterocycles. The van der Waals surface area contributed by atoms with E-state index < -0.39 is 10.0 Å². The van der Waals surface area contributed by atoms with E-state index in [1.807, 2.05) is 0 Å². The zero-order chi connectivity index (χ0) is 10.7. The van der Waals surface area contributed by atoms with E-state index in [1.165, 1.54) is 23.9 Å². The Labute approximate surface area is 90.5 Å². The van der Waals surface area contributed by atoms with E-state index in [1.54, 1.807) is 11.7 Å². The molecule has 0 radical (unpaired) electrons. The Morgan fingerprint density at radius 2 is 2.27 bits per heavy atom. The van der Waals surface area contributed by atoms with Crippen molar-refractivity contribution < 1.29 is 8.42 Å². The predicted molar refractivity (Wildman–Crippen MR) is 54.7 cm³/mol. The standard InChI is InChI=1S/C7H8N4O2S2/c12-15(13,7-3-8-4-10-7)11-2-6-1-9-5-14-6/h1,3-5,11H,2H2,(H,8,10). The summed E-state index contributed by atoms with van der Waals surface area (Å²) in [5.74, 6) is 0. The average molecular weight is 244 g/mol. The maximum atomic E-state index is 11.6. The van der Waals surface area contributed by atoms with Gasteiger partial charge >= 0.3 is 0 Å². The molecule has 2 aromatic rings. The number of rotatable bonds is 4. The summed E-state index contributed by atoms with van der Waals surface area (Å²) in [7, 11) is -3.48. The number of H-pyrrole nitrogens is 1. The zero-order valence-electron chi connectivity index (χ0n) is 7.54. The van der Waals surface area contributed by atoms with Crippen LogP contribution in [0.2, 0.25) is 0 Å². The molecule has 0 unspecified atom stereocenters. The van der Waals surface area contributed by atoms with Gasteiger partial charge in [-0.1, -0.05) is 0 Å². The fraction of sp³-hybridized carbons (Fsp3) is 0.143. The second-order valence-corrected chi connectivity index (χ2v) is 5.41. The first-order chi connectivity index (χ1) is 7.18. The highest BCUT2D eigenvalue weighted by molar-refractivity contribution is 7.89. The second-order valence-electron chi connectivity index (χ2n) is 2.71. The van der Waals surface area contributed by atoms with Gasteiger partial charge in [0.05, 0.1) is 18.0 Å². The van der Waals surface area contributed by atoms with E-state index >= 15 is 0 Å². The summed E-state index contributed by atoms with van der Waals surface area (Å²) in [5.41, 5.74) is 1.65. The monoisotopic (exact) mass is 244 g/mol. The van der Waals surface area contributed by atoms with Crippen LogP contribution < -0.4 is 4.72 Å². The molecule has 2 heterocycles. The van der Waals surface area contributed by atoms with Crippen molar-refractivity contribution >= 4 is 21.4 Å². The summed E-state index contributed by atoms with van der Waals surface area (Å²) in [6.45, 7) is 0.242. The average Bonchev–Trinajstić information content (AvgIpc) is 2.88. The first kappa shape index (κ1) is 10.3. The lowest BCUT2D eigenvalue weighted by atomic mass is 10.6. The molecular weight excluding hydrogens is 236 g/mol. The molecule has 0 aromatic carbocycles. The maximum absolute atomic E-state index is 11.6. The van der Waals surface area contributed by atoms with Gasteiger partial charge in [0.15, 0.2) is 5.03 Å². The van der Waals surface area contributed by atoms with Crippen molar-refractivity contribution in [1.29, 1.82) is 0 Å². The van der Waals surface area contributed by atoms with Crippen molar-refractivity contribution in [2.45, 2.75) is 11.6 Å². The number of aromatic amines is 1. The van der Waals surface area contributed by atoms with Crippen LogP contribution in [0.3, 0.4) is 0 Å². The molecule has 0 aliphatic rings. The summed E-state index contributed by atoms with van der Waals surface area (Å²) in [4.78, 5) is 10.9. The Morgan fingerprint density at radius 3 is 2.87 bits per heavy atom. The van der Waals surface area contributed by atoms with Gasteiger partial charge in [-0.2, -0.15) is 0 Å². The molecule has 2 rings (SSSR count). The summed E-state index contributed by atoms with van der Waals surface area (Å²) in [6, 6.07) is 0. The minimum Gasteiger partial charge on any atom is -0.335 e. The lowest BCUT2D eigenvalue weighted by Gasteiger charge is -2.01. The molecule has 0 bridgehead atoms. The largest absolute Gasteiger partial charge is 0.335 e. The lowest BCUT2D eigenvalue weighted by molar-refractivity contribution is 0.578. The van der Waals surface area contributed by atoms with E-state index in [-0.39, 0.29) is 11.6 Å². The van der Waals surface area contributed by atoms with Crippen LogP contribution in [0.15, 0.2) is 29.3 Å². The van der Waals surface area contributed by atoms with Crippen LogP contribution in [0.25, 0.3) is 0 Å². The molecule has 0 aliphatic heterocycles. The molecule has 0 amide bonds. The molecule has 8 heteroatoms. The van der Waals surface area contributed by atoms with Crippen LogP contribution in [0.1, 0.15) is 4.88 Å². The molecule has 2 N–H and O–H groups in total. The number of hydrogen-bond donors (Lipinski definition) is 2. The summed E-state index contributed by atoms with van der Waals surface area (Å²) in [6.07, 6.45) is 4.20. The Kier molecular flexibility index (Phi) is 2.80. The summed E-state index contributed by atoms with van der Waals surface area (Å²) < 4.78 is 25.6. The van der Waals surface area contributed by atoms with Crippen molar-refractivity contribution in [2.24, 2.45) is 0 Å². The minimum absolute atomic E-state index is 0.0621. The zero-order valence-corrected chi connectivity index (χ0v) is 9.18. The van der Waals surface area contributed by atoms with Crippen molar-refractivity contribution in [1.82, 2.24) is 19.7 Å². The van der Waals surface area contributed by atoms with Crippen LogP contribution in [-0.4, -0.2) is 23.4 Å². The molecule has 0 saturated carbocycles. The predicted octanol–water partition coefficient (Wildman–Crippen LogP) is 0.345. The third-order valence-electron chi connectivity index (χ3n) is 1.68. The van der Waals surface area contributed by atoms with Crippen LogP contribution >= 0.6 is 11.3 Å². The molecule has 6 nitrogen and oxygen atoms in total. The van der Waals surface area contributed by atoms with Gasteiger partial charge in [0, 0.05) is 17.6 Å². The number of hydrogen-bond acceptors (Lipinski definition) is 5. The van der Waals surface area contributed by atoms with Gasteiger partial charge in [0.2, 0.25) is 0 Å². The normalized spacial score (nSPS) is 11.7. The van der Waals surface area contributed by atoms with Crippen LogP contribution in [-0.2, 0) is 16.6 Å². The Morgan fingerprint density at radius 1 is 1.40 bits per heavy atom. The van der Waals surface area contributed by atoms with E-state index in [0.29, 0.717) is 0 Å². The topological polar surface area (TPSA) is 87.7 Å². The first-order valence-corrected chi connectivity index (χ1v) is 6.40. The highest BCUT2D eigenvalue weighted by Crippen LogP contribution is 2.07. The first-order valence-electron chi connectivity index (χ1n) is 4.04. The van der Waals surface area contributed by atoms with Gasteiger partial charge < -0.3 is 4.98 Å². The van der Waals surface area contributed by atoms with E-state index in [2.05, 4.69) is 19.7 Å². The fourth-order valence-corrected chi connectivity index (χ4v) is 2.50. The van der Waals surface area contributed by atoms with E-state index in [4.69, 9.17) is 0 Å².